The highest BCUT2D eigenvalue weighted by molar-refractivity contribution is 7.91. The average Bonchev–Trinajstić information content (AvgIpc) is 3.29. The van der Waals surface area contributed by atoms with Gasteiger partial charge in [0.15, 0.2) is 9.84 Å². The first-order valence-corrected chi connectivity index (χ1v) is 11.0. The summed E-state index contributed by atoms with van der Waals surface area (Å²) >= 11 is 0. The first kappa shape index (κ1) is 21.3. The smallest absolute Gasteiger partial charge is 0.255 e. The van der Waals surface area contributed by atoms with Crippen molar-refractivity contribution in [3.8, 4) is 22.6 Å². The molecule has 29 heavy (non-hydrogen) atoms. The van der Waals surface area contributed by atoms with E-state index in [2.05, 4.69) is 0 Å². The Hall–Kier alpha value is -2.42. The van der Waals surface area contributed by atoms with Gasteiger partial charge in [-0.3, -0.25) is 4.79 Å². The van der Waals surface area contributed by atoms with E-state index in [0.717, 1.165) is 0 Å². The van der Waals surface area contributed by atoms with Gasteiger partial charge in [0.2, 0.25) is 0 Å². The number of sulfone groups is 1. The van der Waals surface area contributed by atoms with Gasteiger partial charge in [-0.1, -0.05) is 6.92 Å². The van der Waals surface area contributed by atoms with Crippen LogP contribution in [-0.4, -0.2) is 37.9 Å². The van der Waals surface area contributed by atoms with Crippen LogP contribution in [0.1, 0.15) is 20.3 Å². The molecule has 1 heterocycles. The van der Waals surface area contributed by atoms with E-state index in [1.165, 1.54) is 42.0 Å². The molecule has 158 valence electrons. The van der Waals surface area contributed by atoms with E-state index in [9.17, 15) is 22.0 Å². The van der Waals surface area contributed by atoms with Gasteiger partial charge in [0.05, 0.1) is 29.8 Å². The Bertz CT molecular complexity index is 1080. The Morgan fingerprint density at radius 1 is 1.14 bits per heavy atom. The lowest BCUT2D eigenvalue weighted by Crippen LogP contribution is -2.16. The molecule has 1 saturated carbocycles. The van der Waals surface area contributed by atoms with Gasteiger partial charge in [0.1, 0.15) is 11.5 Å². The normalized spacial score (nSPS) is 17.8. The first-order chi connectivity index (χ1) is 13.6. The maximum Gasteiger partial charge on any atom is 0.255 e. The molecule has 3 rings (SSSR count). The standard InChI is InChI=1S/C20H23F2NO5S/c1-4-27-18-9-19(24)23(3)11-16(18)15-8-14(29(25,26)5-2)6-7-17(15)28-12-13-10-20(13,21)22/h6-9,11,13H,4-5,10,12H2,1-3H3. The number of hydrogen-bond acceptors (Lipinski definition) is 5. The molecule has 1 atom stereocenters. The van der Waals surface area contributed by atoms with E-state index in [1.807, 2.05) is 0 Å². The van der Waals surface area contributed by atoms with Crippen LogP contribution in [0.3, 0.4) is 0 Å². The van der Waals surface area contributed by atoms with Crippen LogP contribution in [0.2, 0.25) is 0 Å². The van der Waals surface area contributed by atoms with E-state index in [1.54, 1.807) is 14.0 Å². The Labute approximate surface area is 168 Å². The third-order valence-corrected chi connectivity index (χ3v) is 6.60. The summed E-state index contributed by atoms with van der Waals surface area (Å²) in [6.45, 7) is 3.39. The number of aromatic nitrogens is 1. The largest absolute Gasteiger partial charge is 0.493 e. The minimum atomic E-state index is -3.51. The van der Waals surface area contributed by atoms with Crippen molar-refractivity contribution in [3.05, 3.63) is 40.8 Å². The van der Waals surface area contributed by atoms with Crippen molar-refractivity contribution in [1.29, 1.82) is 0 Å². The second-order valence-corrected chi connectivity index (χ2v) is 9.25. The van der Waals surface area contributed by atoms with Gasteiger partial charge in [-0.25, -0.2) is 17.2 Å². The van der Waals surface area contributed by atoms with Crippen LogP contribution in [0.5, 0.6) is 11.5 Å². The predicted molar refractivity (Wildman–Crippen MR) is 105 cm³/mol. The van der Waals surface area contributed by atoms with Gasteiger partial charge >= 0.3 is 0 Å². The summed E-state index contributed by atoms with van der Waals surface area (Å²) in [5, 5.41) is 0. The average molecular weight is 427 g/mol. The van der Waals surface area contributed by atoms with Crippen LogP contribution in [-0.2, 0) is 16.9 Å². The number of benzene rings is 1. The second kappa shape index (κ2) is 7.78. The molecule has 0 bridgehead atoms. The maximum atomic E-state index is 13.2. The lowest BCUT2D eigenvalue weighted by Gasteiger charge is -2.17. The van der Waals surface area contributed by atoms with Crippen molar-refractivity contribution in [3.63, 3.8) is 0 Å². The Morgan fingerprint density at radius 3 is 2.41 bits per heavy atom. The number of hydrogen-bond donors (Lipinski definition) is 0. The highest BCUT2D eigenvalue weighted by Crippen LogP contribution is 2.49. The molecule has 0 aliphatic heterocycles. The van der Waals surface area contributed by atoms with E-state index < -0.39 is 21.7 Å². The number of aryl methyl sites for hydroxylation is 1. The molecular weight excluding hydrogens is 404 g/mol. The SMILES string of the molecule is CCOc1cc(=O)n(C)cc1-c1cc(S(=O)(=O)CC)ccc1OCC1CC1(F)F. The molecular formula is C20H23F2NO5S. The fourth-order valence-electron chi connectivity index (χ4n) is 2.94. The summed E-state index contributed by atoms with van der Waals surface area (Å²) in [6, 6.07) is 5.59. The highest BCUT2D eigenvalue weighted by atomic mass is 32.2. The molecule has 1 fully saturated rings. The van der Waals surface area contributed by atoms with Crippen LogP contribution in [0.25, 0.3) is 11.1 Å². The lowest BCUT2D eigenvalue weighted by atomic mass is 10.1. The first-order valence-electron chi connectivity index (χ1n) is 9.30. The van der Waals surface area contributed by atoms with Crippen LogP contribution in [0.4, 0.5) is 8.78 Å². The van der Waals surface area contributed by atoms with E-state index in [4.69, 9.17) is 9.47 Å². The Morgan fingerprint density at radius 2 is 1.83 bits per heavy atom. The Kier molecular flexibility index (Phi) is 5.71. The molecule has 0 N–H and O–H groups in total. The fourth-order valence-corrected chi connectivity index (χ4v) is 3.84. The van der Waals surface area contributed by atoms with Gasteiger partial charge in [0, 0.05) is 36.9 Å². The van der Waals surface area contributed by atoms with Gasteiger partial charge in [-0.2, -0.15) is 0 Å². The molecule has 9 heteroatoms. The van der Waals surface area contributed by atoms with Gasteiger partial charge in [0.25, 0.3) is 11.5 Å². The predicted octanol–water partition coefficient (Wildman–Crippen LogP) is 3.28. The van der Waals surface area contributed by atoms with Crippen LogP contribution in [0.15, 0.2) is 40.2 Å². The minimum Gasteiger partial charge on any atom is -0.493 e. The third kappa shape index (κ3) is 4.44. The van der Waals surface area contributed by atoms with Gasteiger partial charge in [-0.05, 0) is 25.1 Å². The molecule has 1 aromatic carbocycles. The second-order valence-electron chi connectivity index (χ2n) is 6.97. The number of pyridine rings is 1. The molecule has 0 spiro atoms. The van der Waals surface area contributed by atoms with Crippen LogP contribution in [0, 0.1) is 5.92 Å². The number of ether oxygens (including phenoxy) is 2. The van der Waals surface area contributed by atoms with Crippen LogP contribution >= 0.6 is 0 Å². The zero-order valence-corrected chi connectivity index (χ0v) is 17.3. The number of halogens is 2. The lowest BCUT2D eigenvalue weighted by molar-refractivity contribution is 0.0857. The Balaban J connectivity index is 2.12. The van der Waals surface area contributed by atoms with Crippen molar-refractivity contribution < 1.29 is 26.7 Å². The van der Waals surface area contributed by atoms with Crippen molar-refractivity contribution in [2.75, 3.05) is 19.0 Å². The molecule has 1 unspecified atom stereocenters. The minimum absolute atomic E-state index is 0.0791. The molecule has 0 radical (unpaired) electrons. The number of nitrogens with zero attached hydrogens (tertiary/aromatic N) is 1. The fraction of sp³-hybridized carbons (Fsp3) is 0.450. The van der Waals surface area contributed by atoms with Gasteiger partial charge < -0.3 is 14.0 Å². The molecule has 1 aliphatic rings. The van der Waals surface area contributed by atoms with E-state index in [0.29, 0.717) is 11.1 Å². The van der Waals surface area contributed by atoms with Crippen molar-refractivity contribution in [1.82, 2.24) is 4.57 Å². The van der Waals surface area contributed by atoms with Crippen molar-refractivity contribution in [2.24, 2.45) is 13.0 Å². The molecule has 0 amide bonds. The van der Waals surface area contributed by atoms with E-state index in [-0.39, 0.29) is 47.3 Å². The van der Waals surface area contributed by atoms with Crippen LogP contribution < -0.4 is 15.0 Å². The highest BCUT2D eigenvalue weighted by Gasteiger charge is 2.57. The molecule has 2 aromatic rings. The van der Waals surface area contributed by atoms with E-state index >= 15 is 0 Å². The molecule has 6 nitrogen and oxygen atoms in total. The zero-order valence-electron chi connectivity index (χ0n) is 16.4. The van der Waals surface area contributed by atoms with Crippen molar-refractivity contribution in [2.45, 2.75) is 31.1 Å². The summed E-state index contributed by atoms with van der Waals surface area (Å²) in [4.78, 5) is 12.1. The summed E-state index contributed by atoms with van der Waals surface area (Å²) in [5.41, 5.74) is 0.511. The number of rotatable bonds is 8. The summed E-state index contributed by atoms with van der Waals surface area (Å²) in [7, 11) is -1.96. The topological polar surface area (TPSA) is 74.6 Å². The van der Waals surface area contributed by atoms with Gasteiger partial charge in [-0.15, -0.1) is 0 Å². The monoisotopic (exact) mass is 427 g/mol. The summed E-state index contributed by atoms with van der Waals surface area (Å²) in [6.07, 6.45) is 1.29. The summed E-state index contributed by atoms with van der Waals surface area (Å²) in [5.74, 6) is -3.16. The maximum absolute atomic E-state index is 13.2. The molecule has 1 aromatic heterocycles. The number of alkyl halides is 2. The summed E-state index contributed by atoms with van der Waals surface area (Å²) < 4.78 is 63.7. The molecule has 1 aliphatic carbocycles. The quantitative estimate of drug-likeness (QED) is 0.646. The third-order valence-electron chi connectivity index (χ3n) is 4.87. The van der Waals surface area contributed by atoms with Crippen molar-refractivity contribution >= 4 is 9.84 Å². The molecule has 0 saturated heterocycles. The zero-order chi connectivity index (χ0) is 21.4.